The van der Waals surface area contributed by atoms with Gasteiger partial charge >= 0.3 is 0 Å². The Kier molecular flexibility index (Phi) is 6.00. The van der Waals surface area contributed by atoms with Crippen molar-refractivity contribution in [3.63, 3.8) is 0 Å². The molecular weight excluding hydrogens is 232 g/mol. The van der Waals surface area contributed by atoms with Crippen molar-refractivity contribution >= 4 is 11.6 Å². The molecule has 1 aromatic carbocycles. The van der Waals surface area contributed by atoms with Crippen molar-refractivity contribution in [3.8, 4) is 5.75 Å². The number of carbonyl (C=O) groups excluding carboxylic acids is 1. The highest BCUT2D eigenvalue weighted by Crippen LogP contribution is 2.21. The molecule has 0 aliphatic rings. The van der Waals surface area contributed by atoms with Crippen LogP contribution in [0.2, 0.25) is 0 Å². The highest BCUT2D eigenvalue weighted by molar-refractivity contribution is 5.96. The number of rotatable bonds is 8. The monoisotopic (exact) mass is 252 g/mol. The van der Waals surface area contributed by atoms with Crippen LogP contribution in [0.25, 0.3) is 0 Å². The Morgan fingerprint density at radius 1 is 1.22 bits per heavy atom. The number of hydrogen-bond acceptors (Lipinski definition) is 4. The minimum Gasteiger partial charge on any atom is -0.493 e. The van der Waals surface area contributed by atoms with Crippen molar-refractivity contribution in [2.24, 2.45) is 5.73 Å². The molecule has 0 spiro atoms. The van der Waals surface area contributed by atoms with Gasteiger partial charge in [0.25, 0.3) is 5.91 Å². The van der Waals surface area contributed by atoms with Crippen molar-refractivity contribution in [2.45, 2.75) is 25.7 Å². The van der Waals surface area contributed by atoms with E-state index in [1.165, 1.54) is 6.07 Å². The number of nitrogens with two attached hydrogens (primary N) is 2. The molecule has 1 rings (SSSR count). The second-order valence-electron chi connectivity index (χ2n) is 4.11. The number of unbranched alkanes of at least 4 members (excludes halogenated alkanes) is 3. The Morgan fingerprint density at radius 2 is 1.94 bits per heavy atom. The smallest absolute Gasteiger partial charge is 0.252 e. The van der Waals surface area contributed by atoms with E-state index in [1.54, 1.807) is 12.1 Å². The lowest BCUT2D eigenvalue weighted by molar-refractivity contribution is 0.0996. The number of nitrogen functional groups attached to an aromatic ring is 1. The summed E-state index contributed by atoms with van der Waals surface area (Å²) < 4.78 is 5.51. The molecular formula is C13H20N2O3. The van der Waals surface area contributed by atoms with Crippen LogP contribution < -0.4 is 16.2 Å². The molecule has 0 heterocycles. The van der Waals surface area contributed by atoms with E-state index in [2.05, 4.69) is 0 Å². The fraction of sp³-hybridized carbons (Fsp3) is 0.462. The summed E-state index contributed by atoms with van der Waals surface area (Å²) in [5, 5.41) is 8.63. The topological polar surface area (TPSA) is 98.6 Å². The van der Waals surface area contributed by atoms with Crippen LogP contribution in [0.5, 0.6) is 5.75 Å². The fourth-order valence-corrected chi connectivity index (χ4v) is 1.62. The van der Waals surface area contributed by atoms with Gasteiger partial charge in [0.1, 0.15) is 5.75 Å². The van der Waals surface area contributed by atoms with Gasteiger partial charge in [-0.05, 0) is 37.5 Å². The van der Waals surface area contributed by atoms with Crippen molar-refractivity contribution < 1.29 is 14.6 Å². The lowest BCUT2D eigenvalue weighted by Gasteiger charge is -2.10. The van der Waals surface area contributed by atoms with Crippen molar-refractivity contribution in [2.75, 3.05) is 18.9 Å². The predicted octanol–water partition coefficient (Wildman–Crippen LogP) is 1.30. The lowest BCUT2D eigenvalue weighted by Crippen LogP contribution is -2.14. The molecule has 0 bridgehead atoms. The zero-order valence-corrected chi connectivity index (χ0v) is 10.4. The first-order valence-electron chi connectivity index (χ1n) is 6.08. The van der Waals surface area contributed by atoms with Crippen LogP contribution >= 0.6 is 0 Å². The van der Waals surface area contributed by atoms with Crippen molar-refractivity contribution in [1.82, 2.24) is 0 Å². The number of aliphatic hydroxyl groups excluding tert-OH is 1. The van der Waals surface area contributed by atoms with Gasteiger partial charge in [0.2, 0.25) is 0 Å². The number of ether oxygens (including phenoxy) is 1. The average molecular weight is 252 g/mol. The van der Waals surface area contributed by atoms with E-state index >= 15 is 0 Å². The van der Waals surface area contributed by atoms with Crippen LogP contribution in [0.15, 0.2) is 18.2 Å². The molecule has 18 heavy (non-hydrogen) atoms. The van der Waals surface area contributed by atoms with Crippen LogP contribution in [0.1, 0.15) is 36.0 Å². The van der Waals surface area contributed by atoms with Crippen LogP contribution in [-0.4, -0.2) is 24.2 Å². The first kappa shape index (κ1) is 14.3. The number of aliphatic hydroxyl groups is 1. The maximum atomic E-state index is 11.2. The van der Waals surface area contributed by atoms with Gasteiger partial charge in [-0.15, -0.1) is 0 Å². The second kappa shape index (κ2) is 7.55. The molecule has 0 unspecified atom stereocenters. The Hall–Kier alpha value is -1.75. The largest absolute Gasteiger partial charge is 0.493 e. The molecule has 0 fully saturated rings. The summed E-state index contributed by atoms with van der Waals surface area (Å²) in [6.45, 7) is 0.750. The van der Waals surface area contributed by atoms with E-state index in [4.69, 9.17) is 21.3 Å². The van der Waals surface area contributed by atoms with Crippen LogP contribution in [0, 0.1) is 0 Å². The van der Waals surface area contributed by atoms with Gasteiger partial charge in [-0.2, -0.15) is 0 Å². The zero-order valence-electron chi connectivity index (χ0n) is 10.4. The van der Waals surface area contributed by atoms with Gasteiger partial charge in [0, 0.05) is 12.3 Å². The van der Waals surface area contributed by atoms with Gasteiger partial charge in [-0.1, -0.05) is 6.42 Å². The van der Waals surface area contributed by atoms with Crippen molar-refractivity contribution in [1.29, 1.82) is 0 Å². The molecule has 100 valence electrons. The summed E-state index contributed by atoms with van der Waals surface area (Å²) in [4.78, 5) is 11.2. The minimum atomic E-state index is -0.544. The molecule has 1 amide bonds. The first-order chi connectivity index (χ1) is 8.65. The van der Waals surface area contributed by atoms with Crippen LogP contribution in [0.3, 0.4) is 0 Å². The molecule has 0 saturated carbocycles. The van der Waals surface area contributed by atoms with Crippen LogP contribution in [-0.2, 0) is 0 Å². The molecule has 0 atom stereocenters. The summed E-state index contributed by atoms with van der Waals surface area (Å²) in [5.74, 6) is -0.0727. The van der Waals surface area contributed by atoms with E-state index in [0.717, 1.165) is 25.7 Å². The zero-order chi connectivity index (χ0) is 13.4. The lowest BCUT2D eigenvalue weighted by atomic mass is 10.1. The molecule has 0 aliphatic carbocycles. The number of primary amides is 1. The Bertz CT molecular complexity index is 394. The molecule has 0 aliphatic heterocycles. The number of benzene rings is 1. The summed E-state index contributed by atoms with van der Waals surface area (Å²) in [5.41, 5.74) is 11.6. The maximum Gasteiger partial charge on any atom is 0.252 e. The van der Waals surface area contributed by atoms with Gasteiger partial charge in [0.15, 0.2) is 0 Å². The normalized spacial score (nSPS) is 10.3. The predicted molar refractivity (Wildman–Crippen MR) is 70.4 cm³/mol. The van der Waals surface area contributed by atoms with E-state index in [9.17, 15) is 4.79 Å². The SMILES string of the molecule is NC(=O)c1cc(N)ccc1OCCCCCCO. The Balaban J connectivity index is 2.44. The van der Waals surface area contributed by atoms with Gasteiger partial charge < -0.3 is 21.3 Å². The minimum absolute atomic E-state index is 0.227. The number of carbonyl (C=O) groups is 1. The second-order valence-corrected chi connectivity index (χ2v) is 4.11. The highest BCUT2D eigenvalue weighted by Gasteiger charge is 2.09. The quantitative estimate of drug-likeness (QED) is 0.479. The molecule has 5 heteroatoms. The molecule has 0 radical (unpaired) electrons. The third-order valence-corrected chi connectivity index (χ3v) is 2.58. The highest BCUT2D eigenvalue weighted by atomic mass is 16.5. The van der Waals surface area contributed by atoms with E-state index in [1.807, 2.05) is 0 Å². The molecule has 5 N–H and O–H groups in total. The summed E-state index contributed by atoms with van der Waals surface area (Å²) >= 11 is 0. The summed E-state index contributed by atoms with van der Waals surface area (Å²) in [7, 11) is 0. The fourth-order valence-electron chi connectivity index (χ4n) is 1.62. The molecule has 0 aromatic heterocycles. The molecule has 0 saturated heterocycles. The maximum absolute atomic E-state index is 11.2. The Morgan fingerprint density at radius 3 is 2.61 bits per heavy atom. The molecule has 5 nitrogen and oxygen atoms in total. The van der Waals surface area contributed by atoms with Gasteiger partial charge in [-0.3, -0.25) is 4.79 Å². The third-order valence-electron chi connectivity index (χ3n) is 2.58. The van der Waals surface area contributed by atoms with E-state index in [-0.39, 0.29) is 6.61 Å². The van der Waals surface area contributed by atoms with Crippen molar-refractivity contribution in [3.05, 3.63) is 23.8 Å². The summed E-state index contributed by atoms with van der Waals surface area (Å²) in [6, 6.07) is 4.85. The van der Waals surface area contributed by atoms with Gasteiger partial charge in [-0.25, -0.2) is 0 Å². The van der Waals surface area contributed by atoms with Gasteiger partial charge in [0.05, 0.1) is 12.2 Å². The molecule has 1 aromatic rings. The average Bonchev–Trinajstić information content (AvgIpc) is 2.35. The van der Waals surface area contributed by atoms with E-state index in [0.29, 0.717) is 23.6 Å². The van der Waals surface area contributed by atoms with Crippen LogP contribution in [0.4, 0.5) is 5.69 Å². The number of amides is 1. The summed E-state index contributed by atoms with van der Waals surface area (Å²) in [6.07, 6.45) is 3.66. The number of anilines is 1. The third kappa shape index (κ3) is 4.63. The Labute approximate surface area is 107 Å². The standard InChI is InChI=1S/C13H20N2O3/c14-10-5-6-12(11(9-10)13(15)17)18-8-4-2-1-3-7-16/h5-6,9,16H,1-4,7-8,14H2,(H2,15,17). The van der Waals surface area contributed by atoms with E-state index < -0.39 is 5.91 Å². The number of hydrogen-bond donors (Lipinski definition) is 3. The first-order valence-corrected chi connectivity index (χ1v) is 6.08.